The van der Waals surface area contributed by atoms with E-state index in [9.17, 15) is 22.8 Å². The third kappa shape index (κ3) is 4.77. The number of rotatable bonds is 5. The van der Waals surface area contributed by atoms with Crippen molar-refractivity contribution in [1.82, 2.24) is 4.90 Å². The summed E-state index contributed by atoms with van der Waals surface area (Å²) >= 11 is 0. The lowest BCUT2D eigenvalue weighted by Crippen LogP contribution is -2.26. The number of hydrogen-bond acceptors (Lipinski definition) is 4. The van der Waals surface area contributed by atoms with Gasteiger partial charge in [-0.05, 0) is 35.9 Å². The maximum atomic E-state index is 13.2. The maximum Gasteiger partial charge on any atom is 0.418 e. The zero-order chi connectivity index (χ0) is 23.6. The lowest BCUT2D eigenvalue weighted by Gasteiger charge is -2.17. The van der Waals surface area contributed by atoms with E-state index in [1.165, 1.54) is 12.1 Å². The summed E-state index contributed by atoms with van der Waals surface area (Å²) < 4.78 is 39.6. The van der Waals surface area contributed by atoms with Gasteiger partial charge in [-0.1, -0.05) is 42.5 Å². The molecule has 4 rings (SSSR count). The zero-order valence-corrected chi connectivity index (χ0v) is 17.5. The minimum atomic E-state index is -4.60. The van der Waals surface area contributed by atoms with Gasteiger partial charge in [0.15, 0.2) is 6.04 Å². The molecule has 0 unspecified atom stereocenters. The van der Waals surface area contributed by atoms with Gasteiger partial charge < -0.3 is 10.2 Å². The molecule has 1 N–H and O–H groups in total. The van der Waals surface area contributed by atoms with Gasteiger partial charge in [-0.2, -0.15) is 23.4 Å². The van der Waals surface area contributed by atoms with Crippen molar-refractivity contribution in [1.29, 1.82) is 0 Å². The number of hydrogen-bond donors (Lipinski definition) is 1. The van der Waals surface area contributed by atoms with Gasteiger partial charge in [-0.15, -0.1) is 0 Å². The number of halogens is 3. The smallest absolute Gasteiger partial charge is 0.337 e. The highest BCUT2D eigenvalue weighted by atomic mass is 19.4. The van der Waals surface area contributed by atoms with Crippen molar-refractivity contribution < 1.29 is 22.8 Å². The SMILES string of the molecule is CN(Cc1ccccc1)C(=O)c1ccc(N=N[C@H]2C(=O)Nc3c2cccc3C(F)(F)F)cc1. The molecule has 0 aliphatic carbocycles. The molecule has 1 aliphatic heterocycles. The number of carbonyl (C=O) groups is 2. The van der Waals surface area contributed by atoms with Crippen LogP contribution in [0.5, 0.6) is 0 Å². The van der Waals surface area contributed by atoms with E-state index < -0.39 is 23.7 Å². The molecule has 1 aliphatic rings. The summed E-state index contributed by atoms with van der Waals surface area (Å²) in [5, 5.41) is 10.2. The van der Waals surface area contributed by atoms with Crippen molar-refractivity contribution in [3.8, 4) is 0 Å². The molecule has 168 valence electrons. The van der Waals surface area contributed by atoms with E-state index in [0.717, 1.165) is 11.6 Å². The van der Waals surface area contributed by atoms with Crippen molar-refractivity contribution >= 4 is 23.2 Å². The van der Waals surface area contributed by atoms with Crippen LogP contribution in [0.15, 0.2) is 83.0 Å². The van der Waals surface area contributed by atoms with Crippen LogP contribution < -0.4 is 5.32 Å². The predicted molar refractivity (Wildman–Crippen MR) is 116 cm³/mol. The van der Waals surface area contributed by atoms with E-state index in [2.05, 4.69) is 15.5 Å². The van der Waals surface area contributed by atoms with Crippen molar-refractivity contribution in [2.75, 3.05) is 12.4 Å². The molecule has 3 aromatic carbocycles. The number of benzene rings is 3. The number of carbonyl (C=O) groups excluding carboxylic acids is 2. The fourth-order valence-electron chi connectivity index (χ4n) is 3.57. The molecule has 9 heteroatoms. The third-order valence-corrected chi connectivity index (χ3v) is 5.21. The Morgan fingerprint density at radius 1 is 1.00 bits per heavy atom. The van der Waals surface area contributed by atoms with Crippen LogP contribution in [0.25, 0.3) is 0 Å². The Kier molecular flexibility index (Phi) is 5.95. The Labute approximate surface area is 187 Å². The highest BCUT2D eigenvalue weighted by Crippen LogP contribution is 2.43. The topological polar surface area (TPSA) is 74.1 Å². The molecule has 0 saturated carbocycles. The number of nitrogens with zero attached hydrogens (tertiary/aromatic N) is 3. The van der Waals surface area contributed by atoms with Crippen LogP contribution in [0.2, 0.25) is 0 Å². The largest absolute Gasteiger partial charge is 0.418 e. The summed E-state index contributed by atoms with van der Waals surface area (Å²) in [6, 6.07) is 18.2. The minimum Gasteiger partial charge on any atom is -0.337 e. The van der Waals surface area contributed by atoms with Crippen molar-refractivity contribution in [3.63, 3.8) is 0 Å². The average Bonchev–Trinajstić information content (AvgIpc) is 3.12. The summed E-state index contributed by atoms with van der Waals surface area (Å²) in [6.45, 7) is 0.456. The standard InChI is InChI=1S/C24H19F3N4O2/c1-31(14-15-6-3-2-4-7-15)23(33)16-10-12-17(13-11-16)29-30-21-18-8-5-9-19(24(25,26)27)20(18)28-22(21)32/h2-13,21H,14H2,1H3,(H,28,32)/t21-/m1/s1. The van der Waals surface area contributed by atoms with Gasteiger partial charge in [0.1, 0.15) is 0 Å². The highest BCUT2D eigenvalue weighted by molar-refractivity contribution is 6.03. The lowest BCUT2D eigenvalue weighted by atomic mass is 10.0. The molecule has 0 aromatic heterocycles. The lowest BCUT2D eigenvalue weighted by molar-refractivity contribution is -0.136. The summed E-state index contributed by atoms with van der Waals surface area (Å²) in [5.74, 6) is -0.856. The minimum absolute atomic E-state index is 0.118. The first-order valence-corrected chi connectivity index (χ1v) is 10.1. The Bertz CT molecular complexity index is 1210. The number of nitrogens with one attached hydrogen (secondary N) is 1. The van der Waals surface area contributed by atoms with Gasteiger partial charge in [-0.3, -0.25) is 9.59 Å². The van der Waals surface area contributed by atoms with Crippen molar-refractivity contribution in [2.24, 2.45) is 10.2 Å². The first kappa shape index (κ1) is 22.2. The van der Waals surface area contributed by atoms with E-state index in [0.29, 0.717) is 17.8 Å². The molecule has 33 heavy (non-hydrogen) atoms. The first-order valence-electron chi connectivity index (χ1n) is 10.1. The predicted octanol–water partition coefficient (Wildman–Crippen LogP) is 5.75. The fraction of sp³-hybridized carbons (Fsp3) is 0.167. The van der Waals surface area contributed by atoms with Gasteiger partial charge >= 0.3 is 6.18 Å². The number of fused-ring (bicyclic) bond motifs is 1. The van der Waals surface area contributed by atoms with Gasteiger partial charge in [0.05, 0.1) is 16.9 Å². The van der Waals surface area contributed by atoms with E-state index in [4.69, 9.17) is 0 Å². The number of anilines is 1. The Morgan fingerprint density at radius 3 is 2.36 bits per heavy atom. The van der Waals surface area contributed by atoms with Crippen molar-refractivity contribution in [3.05, 3.63) is 95.1 Å². The summed E-state index contributed by atoms with van der Waals surface area (Å²) in [4.78, 5) is 26.5. The summed E-state index contributed by atoms with van der Waals surface area (Å²) in [6.07, 6.45) is -4.60. The number of alkyl halides is 3. The molecule has 1 heterocycles. The van der Waals surface area contributed by atoms with Crippen LogP contribution >= 0.6 is 0 Å². The maximum absolute atomic E-state index is 13.2. The van der Waals surface area contributed by atoms with Crippen LogP contribution in [-0.4, -0.2) is 23.8 Å². The van der Waals surface area contributed by atoms with Crippen LogP contribution in [0.3, 0.4) is 0 Å². The molecule has 0 radical (unpaired) electrons. The molecule has 0 bridgehead atoms. The van der Waals surface area contributed by atoms with Crippen LogP contribution in [0, 0.1) is 0 Å². The molecule has 2 amide bonds. The van der Waals surface area contributed by atoms with Crippen LogP contribution in [0.1, 0.15) is 33.1 Å². The molecule has 0 spiro atoms. The Morgan fingerprint density at radius 2 is 1.70 bits per heavy atom. The van der Waals surface area contributed by atoms with Gasteiger partial charge in [0.25, 0.3) is 11.8 Å². The molecule has 1 atom stereocenters. The number of amides is 2. The highest BCUT2D eigenvalue weighted by Gasteiger charge is 2.40. The van der Waals surface area contributed by atoms with Crippen molar-refractivity contribution in [2.45, 2.75) is 18.8 Å². The second kappa shape index (κ2) is 8.85. The molecule has 0 fully saturated rings. The number of azo groups is 1. The van der Waals surface area contributed by atoms with Gasteiger partial charge in [0.2, 0.25) is 0 Å². The Balaban J connectivity index is 1.47. The van der Waals surface area contributed by atoms with E-state index in [1.54, 1.807) is 36.2 Å². The third-order valence-electron chi connectivity index (χ3n) is 5.21. The quantitative estimate of drug-likeness (QED) is 0.500. The normalized spacial score (nSPS) is 15.4. The zero-order valence-electron chi connectivity index (χ0n) is 17.5. The second-order valence-electron chi connectivity index (χ2n) is 7.57. The molecular weight excluding hydrogens is 433 g/mol. The second-order valence-corrected chi connectivity index (χ2v) is 7.57. The first-order chi connectivity index (χ1) is 15.7. The summed E-state index contributed by atoms with van der Waals surface area (Å²) in [5.41, 5.74) is 0.724. The summed E-state index contributed by atoms with van der Waals surface area (Å²) in [7, 11) is 1.70. The molecule has 0 saturated heterocycles. The molecule has 6 nitrogen and oxygen atoms in total. The van der Waals surface area contributed by atoms with Gasteiger partial charge in [0, 0.05) is 24.7 Å². The molecule has 3 aromatic rings. The van der Waals surface area contributed by atoms with Crippen LogP contribution in [-0.2, 0) is 17.5 Å². The molecular formula is C24H19F3N4O2. The van der Waals surface area contributed by atoms with Gasteiger partial charge in [-0.25, -0.2) is 0 Å². The van der Waals surface area contributed by atoms with E-state index in [1.807, 2.05) is 30.3 Å². The average molecular weight is 452 g/mol. The Hall–Kier alpha value is -4.01. The van der Waals surface area contributed by atoms with E-state index >= 15 is 0 Å². The number of para-hydroxylation sites is 1. The van der Waals surface area contributed by atoms with E-state index in [-0.39, 0.29) is 17.2 Å². The monoisotopic (exact) mass is 452 g/mol. The fourth-order valence-corrected chi connectivity index (χ4v) is 3.57. The van der Waals surface area contributed by atoms with Crippen LogP contribution in [0.4, 0.5) is 24.5 Å².